The Morgan fingerprint density at radius 3 is 2.76 bits per heavy atom. The van der Waals surface area contributed by atoms with Crippen molar-refractivity contribution in [2.45, 2.75) is 58.2 Å². The molecule has 0 N–H and O–H groups in total. The van der Waals surface area contributed by atoms with Gasteiger partial charge in [-0.25, -0.2) is 0 Å². The highest BCUT2D eigenvalue weighted by molar-refractivity contribution is 5.76. The van der Waals surface area contributed by atoms with Gasteiger partial charge in [0, 0.05) is 24.8 Å². The molecule has 5 heteroatoms. The van der Waals surface area contributed by atoms with Crippen LogP contribution in [0.2, 0.25) is 0 Å². The maximum absolute atomic E-state index is 12.6. The molecule has 2 aliphatic rings. The van der Waals surface area contributed by atoms with Crippen LogP contribution < -0.4 is 0 Å². The number of nitrogens with zero attached hydrogens (tertiary/aromatic N) is 4. The third kappa shape index (κ3) is 2.98. The molecule has 1 aromatic heterocycles. The van der Waals surface area contributed by atoms with Crippen molar-refractivity contribution in [3.05, 3.63) is 18.0 Å². The van der Waals surface area contributed by atoms with Crippen molar-refractivity contribution in [3.63, 3.8) is 0 Å². The number of hydrogen-bond acceptors (Lipinski definition) is 3. The van der Waals surface area contributed by atoms with Crippen LogP contribution in [0.1, 0.15) is 38.2 Å². The lowest BCUT2D eigenvalue weighted by Gasteiger charge is -2.34. The predicted molar refractivity (Wildman–Crippen MR) is 82.0 cm³/mol. The van der Waals surface area contributed by atoms with Gasteiger partial charge in [0.2, 0.25) is 5.91 Å². The maximum atomic E-state index is 12.6. The summed E-state index contributed by atoms with van der Waals surface area (Å²) in [5, 5.41) is 4.24. The van der Waals surface area contributed by atoms with Gasteiger partial charge in [0.15, 0.2) is 0 Å². The van der Waals surface area contributed by atoms with Crippen molar-refractivity contribution in [1.82, 2.24) is 19.6 Å². The van der Waals surface area contributed by atoms with E-state index in [-0.39, 0.29) is 5.91 Å². The van der Waals surface area contributed by atoms with Crippen LogP contribution in [0.25, 0.3) is 0 Å². The van der Waals surface area contributed by atoms with Gasteiger partial charge in [-0.15, -0.1) is 0 Å². The molecule has 3 rings (SSSR count). The zero-order valence-corrected chi connectivity index (χ0v) is 13.2. The Labute approximate surface area is 126 Å². The first-order chi connectivity index (χ1) is 10.2. The molecular formula is C16H26N4O. The quantitative estimate of drug-likeness (QED) is 0.847. The van der Waals surface area contributed by atoms with Crippen LogP contribution in [-0.2, 0) is 11.3 Å². The van der Waals surface area contributed by atoms with Gasteiger partial charge in [-0.3, -0.25) is 14.4 Å². The molecule has 0 unspecified atom stereocenters. The molecule has 0 saturated carbocycles. The second-order valence-corrected chi connectivity index (χ2v) is 6.35. The van der Waals surface area contributed by atoms with Crippen LogP contribution in [-0.4, -0.2) is 57.2 Å². The lowest BCUT2D eigenvalue weighted by molar-refractivity contribution is -0.133. The summed E-state index contributed by atoms with van der Waals surface area (Å²) in [4.78, 5) is 17.3. The van der Waals surface area contributed by atoms with Crippen LogP contribution in [0.15, 0.2) is 12.4 Å². The lowest BCUT2D eigenvalue weighted by Crippen LogP contribution is -2.49. The number of likely N-dealkylation sites (tertiary alicyclic amines) is 2. The van der Waals surface area contributed by atoms with Crippen molar-refractivity contribution in [2.75, 3.05) is 19.6 Å². The molecule has 1 amide bonds. The normalized spacial score (nSPS) is 26.7. The number of carbonyl (C=O) groups excluding carboxylic acids is 1. The van der Waals surface area contributed by atoms with Crippen molar-refractivity contribution in [1.29, 1.82) is 0 Å². The van der Waals surface area contributed by atoms with E-state index in [9.17, 15) is 4.79 Å². The zero-order valence-electron chi connectivity index (χ0n) is 13.2. The molecule has 1 aromatic rings. The summed E-state index contributed by atoms with van der Waals surface area (Å²) in [7, 11) is 0. The Hall–Kier alpha value is -1.36. The highest BCUT2D eigenvalue weighted by Crippen LogP contribution is 2.29. The molecule has 21 heavy (non-hydrogen) atoms. The fourth-order valence-electron chi connectivity index (χ4n) is 3.97. The standard InChI is InChI=1S/C16H26N4O/c1-3-18-8-4-6-14(18)15-7-5-9-20(15)16(21)12-19-11-13(2)10-17-19/h10-11,14-15H,3-9,12H2,1-2H3/t14-,15+/m1/s1. The van der Waals surface area contributed by atoms with Gasteiger partial charge in [-0.2, -0.15) is 5.10 Å². The lowest BCUT2D eigenvalue weighted by atomic mass is 10.0. The molecule has 116 valence electrons. The van der Waals surface area contributed by atoms with E-state index in [0.29, 0.717) is 18.6 Å². The first-order valence-corrected chi connectivity index (χ1v) is 8.21. The van der Waals surface area contributed by atoms with Gasteiger partial charge >= 0.3 is 0 Å². The monoisotopic (exact) mass is 290 g/mol. The minimum Gasteiger partial charge on any atom is -0.337 e. The van der Waals surface area contributed by atoms with Crippen molar-refractivity contribution in [3.8, 4) is 0 Å². The molecule has 0 radical (unpaired) electrons. The van der Waals surface area contributed by atoms with Crippen LogP contribution in [0.5, 0.6) is 0 Å². The Morgan fingerprint density at radius 1 is 1.29 bits per heavy atom. The molecule has 0 bridgehead atoms. The number of rotatable bonds is 4. The van der Waals surface area contributed by atoms with Gasteiger partial charge in [0.25, 0.3) is 0 Å². The summed E-state index contributed by atoms with van der Waals surface area (Å²) in [5.74, 6) is 0.226. The van der Waals surface area contributed by atoms with E-state index >= 15 is 0 Å². The summed E-state index contributed by atoms with van der Waals surface area (Å²) < 4.78 is 1.76. The Morgan fingerprint density at radius 2 is 2.05 bits per heavy atom. The molecule has 2 aliphatic heterocycles. The predicted octanol–water partition coefficient (Wildman–Crippen LogP) is 1.67. The number of hydrogen-bond donors (Lipinski definition) is 0. The summed E-state index contributed by atoms with van der Waals surface area (Å²) in [6.45, 7) is 7.82. The largest absolute Gasteiger partial charge is 0.337 e. The average molecular weight is 290 g/mol. The Balaban J connectivity index is 1.67. The minimum atomic E-state index is 0.226. The number of carbonyl (C=O) groups is 1. The first kappa shape index (κ1) is 14.6. The van der Waals surface area contributed by atoms with Crippen LogP contribution in [0.3, 0.4) is 0 Å². The highest BCUT2D eigenvalue weighted by atomic mass is 16.2. The Kier molecular flexibility index (Phi) is 4.29. The van der Waals surface area contributed by atoms with Crippen LogP contribution >= 0.6 is 0 Å². The second-order valence-electron chi connectivity index (χ2n) is 6.35. The average Bonchev–Trinajstić information content (AvgIpc) is 3.16. The molecule has 0 spiro atoms. The van der Waals surface area contributed by atoms with Crippen LogP contribution in [0, 0.1) is 6.92 Å². The molecular weight excluding hydrogens is 264 g/mol. The van der Waals surface area contributed by atoms with E-state index in [1.165, 1.54) is 19.4 Å². The fourth-order valence-corrected chi connectivity index (χ4v) is 3.97. The third-order valence-corrected chi connectivity index (χ3v) is 4.94. The third-order valence-electron chi connectivity index (χ3n) is 4.94. The van der Waals surface area contributed by atoms with E-state index in [1.54, 1.807) is 4.68 Å². The highest BCUT2D eigenvalue weighted by Gasteiger charge is 2.38. The van der Waals surface area contributed by atoms with E-state index < -0.39 is 0 Å². The van der Waals surface area contributed by atoms with E-state index in [1.807, 2.05) is 19.3 Å². The van der Waals surface area contributed by atoms with Gasteiger partial charge in [-0.1, -0.05) is 6.92 Å². The second kappa shape index (κ2) is 6.18. The van der Waals surface area contributed by atoms with E-state index in [0.717, 1.165) is 31.5 Å². The summed E-state index contributed by atoms with van der Waals surface area (Å²) in [6, 6.07) is 0.984. The molecule has 2 saturated heterocycles. The Bertz CT molecular complexity index is 498. The smallest absolute Gasteiger partial charge is 0.244 e. The van der Waals surface area contributed by atoms with E-state index in [4.69, 9.17) is 0 Å². The number of aryl methyl sites for hydroxylation is 1. The van der Waals surface area contributed by atoms with Gasteiger partial charge in [0.05, 0.1) is 6.20 Å². The molecule has 2 fully saturated rings. The van der Waals surface area contributed by atoms with Crippen LogP contribution in [0.4, 0.5) is 0 Å². The molecule has 5 nitrogen and oxygen atoms in total. The fraction of sp³-hybridized carbons (Fsp3) is 0.750. The molecule has 3 heterocycles. The van der Waals surface area contributed by atoms with Crippen molar-refractivity contribution >= 4 is 5.91 Å². The molecule has 2 atom stereocenters. The van der Waals surface area contributed by atoms with Gasteiger partial charge < -0.3 is 4.90 Å². The first-order valence-electron chi connectivity index (χ1n) is 8.21. The topological polar surface area (TPSA) is 41.4 Å². The molecule has 0 aromatic carbocycles. The molecule has 0 aliphatic carbocycles. The number of aromatic nitrogens is 2. The zero-order chi connectivity index (χ0) is 14.8. The van der Waals surface area contributed by atoms with Crippen molar-refractivity contribution < 1.29 is 4.79 Å². The minimum absolute atomic E-state index is 0.226. The SMILES string of the molecule is CCN1CCC[C@@H]1[C@@H]1CCCN1C(=O)Cn1cc(C)cn1. The van der Waals surface area contributed by atoms with Gasteiger partial charge in [0.1, 0.15) is 6.54 Å². The maximum Gasteiger partial charge on any atom is 0.244 e. The van der Waals surface area contributed by atoms with Gasteiger partial charge in [-0.05, 0) is 51.3 Å². The van der Waals surface area contributed by atoms with E-state index in [2.05, 4.69) is 21.8 Å². The summed E-state index contributed by atoms with van der Waals surface area (Å²) in [5.41, 5.74) is 1.11. The number of amides is 1. The summed E-state index contributed by atoms with van der Waals surface area (Å²) >= 11 is 0. The summed E-state index contributed by atoms with van der Waals surface area (Å²) in [6.07, 6.45) is 8.56. The van der Waals surface area contributed by atoms with Crippen molar-refractivity contribution in [2.24, 2.45) is 0 Å². The number of likely N-dealkylation sites (N-methyl/N-ethyl adjacent to an activating group) is 1.